The summed E-state index contributed by atoms with van der Waals surface area (Å²) in [5.41, 5.74) is 2.76. The zero-order valence-electron chi connectivity index (χ0n) is 11.4. The Morgan fingerprint density at radius 2 is 2.00 bits per heavy atom. The highest BCUT2D eigenvalue weighted by atomic mass is 32.2. The van der Waals surface area contributed by atoms with Crippen LogP contribution in [0.2, 0.25) is 0 Å². The van der Waals surface area contributed by atoms with Crippen LogP contribution in [-0.4, -0.2) is 11.8 Å². The molecule has 1 aliphatic rings. The van der Waals surface area contributed by atoms with Crippen LogP contribution in [-0.2, 0) is 11.2 Å². The molecule has 2 aromatic rings. The SMILES string of the molecule is N#CSc1ccc(NC(=O)c2ccc3c(c2)CC(=O)N3)cc1. The Morgan fingerprint density at radius 1 is 1.23 bits per heavy atom. The highest BCUT2D eigenvalue weighted by Gasteiger charge is 2.19. The predicted octanol–water partition coefficient (Wildman–Crippen LogP) is 3.01. The van der Waals surface area contributed by atoms with Crippen molar-refractivity contribution in [3.8, 4) is 5.40 Å². The molecule has 0 saturated heterocycles. The Balaban J connectivity index is 1.73. The summed E-state index contributed by atoms with van der Waals surface area (Å²) in [7, 11) is 0. The topological polar surface area (TPSA) is 82.0 Å². The van der Waals surface area contributed by atoms with Crippen molar-refractivity contribution in [3.05, 3.63) is 53.6 Å². The Kier molecular flexibility index (Phi) is 3.81. The minimum Gasteiger partial charge on any atom is -0.326 e. The third kappa shape index (κ3) is 2.95. The normalized spacial score (nSPS) is 12.2. The fourth-order valence-electron chi connectivity index (χ4n) is 2.23. The van der Waals surface area contributed by atoms with Crippen LogP contribution in [0.5, 0.6) is 0 Å². The number of fused-ring (bicyclic) bond motifs is 1. The van der Waals surface area contributed by atoms with Crippen LogP contribution >= 0.6 is 11.8 Å². The average Bonchev–Trinajstić information content (AvgIpc) is 2.88. The number of hydrogen-bond acceptors (Lipinski definition) is 4. The molecule has 0 spiro atoms. The minimum absolute atomic E-state index is 0.0573. The monoisotopic (exact) mass is 309 g/mol. The van der Waals surface area contributed by atoms with Crippen molar-refractivity contribution in [3.63, 3.8) is 0 Å². The molecule has 2 amide bonds. The van der Waals surface area contributed by atoms with E-state index in [2.05, 4.69) is 10.6 Å². The maximum absolute atomic E-state index is 12.2. The van der Waals surface area contributed by atoms with Gasteiger partial charge in [0.1, 0.15) is 5.40 Å². The fraction of sp³-hybridized carbons (Fsp3) is 0.0625. The highest BCUT2D eigenvalue weighted by Crippen LogP contribution is 2.24. The lowest BCUT2D eigenvalue weighted by molar-refractivity contribution is -0.115. The lowest BCUT2D eigenvalue weighted by atomic mass is 10.1. The molecule has 0 bridgehead atoms. The highest BCUT2D eigenvalue weighted by molar-refractivity contribution is 8.03. The molecule has 1 heterocycles. The molecule has 2 aromatic carbocycles. The Bertz CT molecular complexity index is 794. The van der Waals surface area contributed by atoms with Gasteiger partial charge in [0.2, 0.25) is 5.91 Å². The van der Waals surface area contributed by atoms with Crippen molar-refractivity contribution < 1.29 is 9.59 Å². The van der Waals surface area contributed by atoms with Gasteiger partial charge in [0, 0.05) is 21.8 Å². The number of amides is 2. The van der Waals surface area contributed by atoms with E-state index in [0.29, 0.717) is 17.7 Å². The van der Waals surface area contributed by atoms with E-state index in [4.69, 9.17) is 5.26 Å². The smallest absolute Gasteiger partial charge is 0.255 e. The summed E-state index contributed by atoms with van der Waals surface area (Å²) in [4.78, 5) is 24.4. The number of carbonyl (C=O) groups excluding carboxylic acids is 2. The van der Waals surface area contributed by atoms with Gasteiger partial charge in [-0.2, -0.15) is 5.26 Å². The molecule has 2 N–H and O–H groups in total. The Hall–Kier alpha value is -2.78. The van der Waals surface area contributed by atoms with E-state index in [1.54, 1.807) is 42.5 Å². The molecule has 22 heavy (non-hydrogen) atoms. The predicted molar refractivity (Wildman–Crippen MR) is 84.6 cm³/mol. The number of nitrogens with one attached hydrogen (secondary N) is 2. The van der Waals surface area contributed by atoms with Crippen LogP contribution in [0.4, 0.5) is 11.4 Å². The largest absolute Gasteiger partial charge is 0.326 e. The number of carbonyl (C=O) groups is 2. The first-order valence-corrected chi connectivity index (χ1v) is 7.37. The summed E-state index contributed by atoms with van der Waals surface area (Å²) in [6.07, 6.45) is 0.302. The summed E-state index contributed by atoms with van der Waals surface area (Å²) in [6, 6.07) is 12.2. The van der Waals surface area contributed by atoms with Gasteiger partial charge in [0.05, 0.1) is 6.42 Å². The summed E-state index contributed by atoms with van der Waals surface area (Å²) in [5, 5.41) is 16.1. The zero-order chi connectivity index (χ0) is 15.5. The van der Waals surface area contributed by atoms with Gasteiger partial charge in [-0.05, 0) is 59.8 Å². The summed E-state index contributed by atoms with van der Waals surface area (Å²) in [5.74, 6) is -0.291. The van der Waals surface area contributed by atoms with Gasteiger partial charge in [-0.25, -0.2) is 0 Å². The van der Waals surface area contributed by atoms with Gasteiger partial charge in [0.15, 0.2) is 0 Å². The van der Waals surface area contributed by atoms with Crippen LogP contribution in [0.1, 0.15) is 15.9 Å². The first-order valence-electron chi connectivity index (χ1n) is 6.56. The molecule has 0 fully saturated rings. The number of rotatable bonds is 3. The van der Waals surface area contributed by atoms with Crippen molar-refractivity contribution in [1.82, 2.24) is 0 Å². The van der Waals surface area contributed by atoms with E-state index < -0.39 is 0 Å². The lowest BCUT2D eigenvalue weighted by Crippen LogP contribution is -2.12. The molecule has 0 saturated carbocycles. The number of anilines is 2. The second kappa shape index (κ2) is 5.92. The minimum atomic E-state index is -0.233. The van der Waals surface area contributed by atoms with Crippen LogP contribution in [0.15, 0.2) is 47.4 Å². The molecule has 0 atom stereocenters. The molecule has 1 aliphatic heterocycles. The number of hydrogen-bond donors (Lipinski definition) is 2. The van der Waals surface area contributed by atoms with Crippen molar-refractivity contribution >= 4 is 35.0 Å². The second-order valence-electron chi connectivity index (χ2n) is 4.77. The van der Waals surface area contributed by atoms with E-state index in [1.165, 1.54) is 0 Å². The van der Waals surface area contributed by atoms with Crippen LogP contribution in [0.25, 0.3) is 0 Å². The van der Waals surface area contributed by atoms with Crippen molar-refractivity contribution in [2.45, 2.75) is 11.3 Å². The quantitative estimate of drug-likeness (QED) is 0.674. The second-order valence-corrected chi connectivity index (χ2v) is 5.63. The van der Waals surface area contributed by atoms with Crippen molar-refractivity contribution in [2.75, 3.05) is 10.6 Å². The Labute approximate surface area is 131 Å². The first-order chi connectivity index (χ1) is 10.7. The molecule has 0 radical (unpaired) electrons. The third-order valence-corrected chi connectivity index (χ3v) is 3.87. The van der Waals surface area contributed by atoms with Gasteiger partial charge in [-0.15, -0.1) is 0 Å². The molecule has 3 rings (SSSR count). The summed E-state index contributed by atoms with van der Waals surface area (Å²) in [6.45, 7) is 0. The van der Waals surface area contributed by atoms with Crippen LogP contribution < -0.4 is 10.6 Å². The third-order valence-electron chi connectivity index (χ3n) is 3.27. The molecule has 6 heteroatoms. The van der Waals surface area contributed by atoms with E-state index >= 15 is 0 Å². The average molecular weight is 309 g/mol. The van der Waals surface area contributed by atoms with Gasteiger partial charge >= 0.3 is 0 Å². The van der Waals surface area contributed by atoms with Crippen molar-refractivity contribution in [2.24, 2.45) is 0 Å². The summed E-state index contributed by atoms with van der Waals surface area (Å²) >= 11 is 1.07. The summed E-state index contributed by atoms with van der Waals surface area (Å²) < 4.78 is 0. The number of nitriles is 1. The first kappa shape index (κ1) is 14.2. The van der Waals surface area contributed by atoms with Gasteiger partial charge in [-0.1, -0.05) is 0 Å². The molecule has 0 aromatic heterocycles. The number of benzene rings is 2. The van der Waals surface area contributed by atoms with E-state index in [9.17, 15) is 9.59 Å². The van der Waals surface area contributed by atoms with E-state index in [-0.39, 0.29) is 11.8 Å². The van der Waals surface area contributed by atoms with Crippen LogP contribution in [0, 0.1) is 10.7 Å². The lowest BCUT2D eigenvalue weighted by Gasteiger charge is -2.07. The molecule has 0 aliphatic carbocycles. The molecular formula is C16H11N3O2S. The molecule has 5 nitrogen and oxygen atoms in total. The maximum atomic E-state index is 12.2. The van der Waals surface area contributed by atoms with Gasteiger partial charge in [-0.3, -0.25) is 9.59 Å². The fourth-order valence-corrected chi connectivity index (χ4v) is 2.61. The molecular weight excluding hydrogens is 298 g/mol. The number of thioether (sulfide) groups is 1. The van der Waals surface area contributed by atoms with E-state index in [1.807, 2.05) is 5.40 Å². The van der Waals surface area contributed by atoms with Gasteiger partial charge in [0.25, 0.3) is 5.91 Å². The number of nitrogens with zero attached hydrogens (tertiary/aromatic N) is 1. The number of thiocyanates is 1. The van der Waals surface area contributed by atoms with Gasteiger partial charge < -0.3 is 10.6 Å². The van der Waals surface area contributed by atoms with Crippen molar-refractivity contribution in [1.29, 1.82) is 5.26 Å². The maximum Gasteiger partial charge on any atom is 0.255 e. The standard InChI is InChI=1S/C16H11N3O2S/c17-9-22-13-4-2-12(3-5-13)18-16(21)10-1-6-14-11(7-10)8-15(20)19-14/h1-7H,8H2,(H,18,21)(H,19,20). The molecule has 0 unspecified atom stereocenters. The Morgan fingerprint density at radius 3 is 2.73 bits per heavy atom. The van der Waals surface area contributed by atoms with Crippen LogP contribution in [0.3, 0.4) is 0 Å². The molecule has 108 valence electrons. The van der Waals surface area contributed by atoms with E-state index in [0.717, 1.165) is 27.9 Å². The zero-order valence-corrected chi connectivity index (χ0v) is 12.2.